The number of aryl methyl sites for hydroxylation is 1. The summed E-state index contributed by atoms with van der Waals surface area (Å²) >= 11 is 1.30. The van der Waals surface area contributed by atoms with Crippen LogP contribution in [0.3, 0.4) is 0 Å². The molecule has 1 aromatic heterocycles. The van der Waals surface area contributed by atoms with Gasteiger partial charge < -0.3 is 5.73 Å². The lowest BCUT2D eigenvalue weighted by molar-refractivity contribution is 0.598. The highest BCUT2D eigenvalue weighted by atomic mass is 32.2. The summed E-state index contributed by atoms with van der Waals surface area (Å²) in [6.45, 7) is 1.87. The SMILES string of the molecule is Cc1ccnc(Sc2ccc(S(N)(=O)=O)c(N)c2)n1. The van der Waals surface area contributed by atoms with Crippen LogP contribution in [0.5, 0.6) is 0 Å². The second-order valence-electron chi connectivity index (χ2n) is 3.83. The van der Waals surface area contributed by atoms with Gasteiger partial charge in [-0.2, -0.15) is 0 Å². The predicted molar refractivity (Wildman–Crippen MR) is 73.1 cm³/mol. The van der Waals surface area contributed by atoms with E-state index in [0.29, 0.717) is 5.16 Å². The number of anilines is 1. The quantitative estimate of drug-likeness (QED) is 0.649. The van der Waals surface area contributed by atoms with Gasteiger partial charge in [0.2, 0.25) is 10.0 Å². The molecule has 0 saturated carbocycles. The molecule has 0 radical (unpaired) electrons. The van der Waals surface area contributed by atoms with Crippen molar-refractivity contribution in [2.24, 2.45) is 5.14 Å². The molecular formula is C11H12N4O2S2. The van der Waals surface area contributed by atoms with Crippen LogP contribution in [0.25, 0.3) is 0 Å². The third kappa shape index (κ3) is 3.43. The van der Waals surface area contributed by atoms with Crippen molar-refractivity contribution >= 4 is 27.5 Å². The molecule has 0 bridgehead atoms. The topological polar surface area (TPSA) is 112 Å². The smallest absolute Gasteiger partial charge is 0.240 e. The molecule has 0 aliphatic heterocycles. The van der Waals surface area contributed by atoms with Crippen LogP contribution in [0.1, 0.15) is 5.69 Å². The molecule has 0 unspecified atom stereocenters. The summed E-state index contributed by atoms with van der Waals surface area (Å²) in [4.78, 5) is 9.01. The summed E-state index contributed by atoms with van der Waals surface area (Å²) in [7, 11) is -3.80. The van der Waals surface area contributed by atoms with Crippen LogP contribution in [0.15, 0.2) is 45.4 Å². The summed E-state index contributed by atoms with van der Waals surface area (Å²) in [5.74, 6) is 0. The fourth-order valence-electron chi connectivity index (χ4n) is 1.43. The first-order valence-electron chi connectivity index (χ1n) is 5.26. The van der Waals surface area contributed by atoms with Gasteiger partial charge in [-0.15, -0.1) is 0 Å². The number of benzene rings is 1. The van der Waals surface area contributed by atoms with E-state index in [2.05, 4.69) is 9.97 Å². The number of nitrogens with zero attached hydrogens (tertiary/aromatic N) is 2. The van der Waals surface area contributed by atoms with Gasteiger partial charge in [0, 0.05) is 16.8 Å². The first-order valence-corrected chi connectivity index (χ1v) is 7.62. The van der Waals surface area contributed by atoms with Crippen molar-refractivity contribution in [3.63, 3.8) is 0 Å². The fraction of sp³-hybridized carbons (Fsp3) is 0.0909. The summed E-state index contributed by atoms with van der Waals surface area (Å²) in [6.07, 6.45) is 1.66. The molecule has 4 N–H and O–H groups in total. The molecule has 1 aromatic carbocycles. The molecule has 1 heterocycles. The minimum atomic E-state index is -3.80. The van der Waals surface area contributed by atoms with Crippen LogP contribution in [-0.2, 0) is 10.0 Å². The molecular weight excluding hydrogens is 284 g/mol. The minimum Gasteiger partial charge on any atom is -0.398 e. The van der Waals surface area contributed by atoms with Crippen molar-refractivity contribution in [1.29, 1.82) is 0 Å². The second kappa shape index (κ2) is 5.16. The Morgan fingerprint density at radius 1 is 1.26 bits per heavy atom. The summed E-state index contributed by atoms with van der Waals surface area (Å²) in [6, 6.07) is 6.33. The van der Waals surface area contributed by atoms with Gasteiger partial charge in [-0.25, -0.2) is 23.5 Å². The molecule has 0 fully saturated rings. The van der Waals surface area contributed by atoms with Gasteiger partial charge >= 0.3 is 0 Å². The van der Waals surface area contributed by atoms with Crippen LogP contribution in [0.2, 0.25) is 0 Å². The lowest BCUT2D eigenvalue weighted by atomic mass is 10.3. The van der Waals surface area contributed by atoms with Gasteiger partial charge in [0.25, 0.3) is 0 Å². The maximum Gasteiger partial charge on any atom is 0.240 e. The maximum absolute atomic E-state index is 11.2. The molecule has 0 atom stereocenters. The highest BCUT2D eigenvalue weighted by molar-refractivity contribution is 7.99. The maximum atomic E-state index is 11.2. The summed E-state index contributed by atoms with van der Waals surface area (Å²) in [5, 5.41) is 5.61. The number of nitrogens with two attached hydrogens (primary N) is 2. The summed E-state index contributed by atoms with van der Waals surface area (Å²) in [5.41, 5.74) is 6.64. The van der Waals surface area contributed by atoms with E-state index < -0.39 is 10.0 Å². The number of sulfonamides is 1. The zero-order chi connectivity index (χ0) is 14.0. The third-order valence-corrected chi connectivity index (χ3v) is 4.12. The number of primary sulfonamides is 1. The third-order valence-electron chi connectivity index (χ3n) is 2.27. The lowest BCUT2D eigenvalue weighted by Gasteiger charge is -2.06. The first-order chi connectivity index (χ1) is 8.86. The molecule has 0 aliphatic carbocycles. The van der Waals surface area contributed by atoms with Gasteiger partial charge in [-0.1, -0.05) is 0 Å². The fourth-order valence-corrected chi connectivity index (χ4v) is 2.91. The van der Waals surface area contributed by atoms with E-state index in [4.69, 9.17) is 10.9 Å². The molecule has 19 heavy (non-hydrogen) atoms. The van der Waals surface area contributed by atoms with Crippen LogP contribution >= 0.6 is 11.8 Å². The number of rotatable bonds is 3. The Labute approximate surface area is 115 Å². The van der Waals surface area contributed by atoms with E-state index in [0.717, 1.165) is 10.6 Å². The van der Waals surface area contributed by atoms with Gasteiger partial charge in [0.1, 0.15) is 4.90 Å². The Hall–Kier alpha value is -1.64. The Morgan fingerprint density at radius 2 is 2.00 bits per heavy atom. The summed E-state index contributed by atoms with van der Waals surface area (Å²) < 4.78 is 22.5. The Balaban J connectivity index is 2.31. The minimum absolute atomic E-state index is 0.0815. The van der Waals surface area contributed by atoms with Crippen molar-refractivity contribution in [3.8, 4) is 0 Å². The average molecular weight is 296 g/mol. The molecule has 100 valence electrons. The van der Waals surface area contributed by atoms with E-state index in [1.54, 1.807) is 18.3 Å². The highest BCUT2D eigenvalue weighted by Crippen LogP contribution is 2.28. The molecule has 2 aromatic rings. The zero-order valence-electron chi connectivity index (χ0n) is 10.1. The van der Waals surface area contributed by atoms with Crippen LogP contribution < -0.4 is 10.9 Å². The normalized spacial score (nSPS) is 11.5. The van der Waals surface area contributed by atoms with Gasteiger partial charge in [0.15, 0.2) is 5.16 Å². The van der Waals surface area contributed by atoms with Gasteiger partial charge in [-0.05, 0) is 43.0 Å². The van der Waals surface area contributed by atoms with Crippen LogP contribution in [0, 0.1) is 6.92 Å². The average Bonchev–Trinajstić information content (AvgIpc) is 2.27. The van der Waals surface area contributed by atoms with E-state index in [9.17, 15) is 8.42 Å². The monoisotopic (exact) mass is 296 g/mol. The van der Waals surface area contributed by atoms with E-state index in [1.165, 1.54) is 23.9 Å². The van der Waals surface area contributed by atoms with Crippen molar-refractivity contribution in [3.05, 3.63) is 36.2 Å². The second-order valence-corrected chi connectivity index (χ2v) is 6.40. The number of aromatic nitrogens is 2. The number of hydrogen-bond acceptors (Lipinski definition) is 6. The Morgan fingerprint density at radius 3 is 2.58 bits per heavy atom. The first kappa shape index (κ1) is 13.8. The Kier molecular flexibility index (Phi) is 3.74. The van der Waals surface area contributed by atoms with E-state index in [1.807, 2.05) is 6.92 Å². The Bertz CT molecular complexity index is 716. The molecule has 0 amide bonds. The number of hydrogen-bond donors (Lipinski definition) is 2. The van der Waals surface area contributed by atoms with Crippen LogP contribution in [-0.4, -0.2) is 18.4 Å². The van der Waals surface area contributed by atoms with E-state index >= 15 is 0 Å². The molecule has 8 heteroatoms. The number of nitrogen functional groups attached to an aromatic ring is 1. The highest BCUT2D eigenvalue weighted by Gasteiger charge is 2.13. The largest absolute Gasteiger partial charge is 0.398 e. The molecule has 2 rings (SSSR count). The van der Waals surface area contributed by atoms with Crippen molar-refractivity contribution in [2.45, 2.75) is 21.9 Å². The lowest BCUT2D eigenvalue weighted by Crippen LogP contribution is -2.14. The molecule has 0 aliphatic rings. The van der Waals surface area contributed by atoms with Gasteiger partial charge in [-0.3, -0.25) is 0 Å². The van der Waals surface area contributed by atoms with Crippen molar-refractivity contribution < 1.29 is 8.42 Å². The molecule has 0 spiro atoms. The van der Waals surface area contributed by atoms with E-state index in [-0.39, 0.29) is 10.6 Å². The van der Waals surface area contributed by atoms with Crippen molar-refractivity contribution in [2.75, 3.05) is 5.73 Å². The molecule has 0 saturated heterocycles. The van der Waals surface area contributed by atoms with Crippen LogP contribution in [0.4, 0.5) is 5.69 Å². The standard InChI is InChI=1S/C11H12N4O2S2/c1-7-4-5-14-11(15-7)18-8-2-3-10(9(12)6-8)19(13,16)17/h2-6H,12H2,1H3,(H2,13,16,17). The molecule has 6 nitrogen and oxygen atoms in total. The van der Waals surface area contributed by atoms with Gasteiger partial charge in [0.05, 0.1) is 5.69 Å². The zero-order valence-corrected chi connectivity index (χ0v) is 11.7. The van der Waals surface area contributed by atoms with Crippen molar-refractivity contribution in [1.82, 2.24) is 9.97 Å². The predicted octanol–water partition coefficient (Wildman–Crippen LogP) is 1.17.